The highest BCUT2D eigenvalue weighted by Gasteiger charge is 2.32. The van der Waals surface area contributed by atoms with Gasteiger partial charge in [0.25, 0.3) is 0 Å². The van der Waals surface area contributed by atoms with Crippen LogP contribution in [-0.4, -0.2) is 54.6 Å². The molecule has 1 aliphatic heterocycles. The van der Waals surface area contributed by atoms with Crippen LogP contribution in [0, 0.1) is 0 Å². The van der Waals surface area contributed by atoms with E-state index in [1.807, 2.05) is 0 Å². The van der Waals surface area contributed by atoms with Gasteiger partial charge in [-0.1, -0.05) is 12.8 Å². The van der Waals surface area contributed by atoms with Crippen LogP contribution in [0.3, 0.4) is 0 Å². The molecule has 0 aromatic rings. The molecule has 3 unspecified atom stereocenters. The lowest BCUT2D eigenvalue weighted by molar-refractivity contribution is 0.0371. The molecule has 3 heteroatoms. The van der Waals surface area contributed by atoms with E-state index in [9.17, 15) is 0 Å². The van der Waals surface area contributed by atoms with Gasteiger partial charge < -0.3 is 10.6 Å². The zero-order chi connectivity index (χ0) is 10.8. The van der Waals surface area contributed by atoms with Crippen molar-refractivity contribution in [1.29, 1.82) is 0 Å². The first-order valence-corrected chi connectivity index (χ1v) is 6.38. The minimum Gasteiger partial charge on any atom is -0.326 e. The lowest BCUT2D eigenvalue weighted by Gasteiger charge is -2.46. The number of piperazine rings is 1. The zero-order valence-electron chi connectivity index (χ0n) is 10.2. The van der Waals surface area contributed by atoms with Crippen molar-refractivity contribution in [3.63, 3.8) is 0 Å². The van der Waals surface area contributed by atoms with Crippen LogP contribution < -0.4 is 5.73 Å². The first-order valence-electron chi connectivity index (χ1n) is 6.38. The van der Waals surface area contributed by atoms with Gasteiger partial charge in [-0.2, -0.15) is 0 Å². The Morgan fingerprint density at radius 1 is 1.13 bits per heavy atom. The number of hydrogen-bond donors (Lipinski definition) is 1. The van der Waals surface area contributed by atoms with E-state index in [0.29, 0.717) is 18.1 Å². The Kier molecular flexibility index (Phi) is 3.65. The van der Waals surface area contributed by atoms with Crippen LogP contribution in [0.2, 0.25) is 0 Å². The molecule has 2 aliphatic rings. The standard InChI is InChI=1S/C12H25N3/c1-10-9-14(2)7-8-15(10)12-6-4-3-5-11(12)13/h10-12H,3-9,13H2,1-2H3. The largest absolute Gasteiger partial charge is 0.326 e. The fraction of sp³-hybridized carbons (Fsp3) is 1.00. The van der Waals surface area contributed by atoms with Crippen LogP contribution in [0.1, 0.15) is 32.6 Å². The molecule has 1 saturated heterocycles. The summed E-state index contributed by atoms with van der Waals surface area (Å²) in [5, 5.41) is 0. The first kappa shape index (κ1) is 11.4. The van der Waals surface area contributed by atoms with Crippen LogP contribution in [0.15, 0.2) is 0 Å². The second-order valence-corrected chi connectivity index (χ2v) is 5.36. The molecule has 0 aromatic heterocycles. The molecular weight excluding hydrogens is 186 g/mol. The lowest BCUT2D eigenvalue weighted by Crippen LogP contribution is -2.59. The maximum atomic E-state index is 6.25. The molecule has 15 heavy (non-hydrogen) atoms. The average Bonchev–Trinajstić information content (AvgIpc) is 2.20. The summed E-state index contributed by atoms with van der Waals surface area (Å²) in [6.45, 7) is 5.95. The van der Waals surface area contributed by atoms with Crippen molar-refractivity contribution in [3.8, 4) is 0 Å². The molecular formula is C12H25N3. The van der Waals surface area contributed by atoms with Crippen molar-refractivity contribution in [2.45, 2.75) is 50.7 Å². The maximum absolute atomic E-state index is 6.25. The topological polar surface area (TPSA) is 32.5 Å². The highest BCUT2D eigenvalue weighted by molar-refractivity contribution is 4.91. The highest BCUT2D eigenvalue weighted by atomic mass is 15.3. The third-order valence-electron chi connectivity index (χ3n) is 4.09. The van der Waals surface area contributed by atoms with Crippen molar-refractivity contribution < 1.29 is 0 Å². The SMILES string of the molecule is CC1CN(C)CCN1C1CCCCC1N. The van der Waals surface area contributed by atoms with Gasteiger partial charge in [-0.25, -0.2) is 0 Å². The Balaban J connectivity index is 1.96. The van der Waals surface area contributed by atoms with E-state index in [-0.39, 0.29) is 0 Å². The Bertz CT molecular complexity index is 207. The number of nitrogens with zero attached hydrogens (tertiary/aromatic N) is 2. The molecule has 2 rings (SSSR count). The normalized spacial score (nSPS) is 40.6. The molecule has 0 bridgehead atoms. The number of nitrogens with two attached hydrogens (primary N) is 1. The number of rotatable bonds is 1. The van der Waals surface area contributed by atoms with Crippen molar-refractivity contribution in [3.05, 3.63) is 0 Å². The Morgan fingerprint density at radius 2 is 1.87 bits per heavy atom. The Labute approximate surface area is 93.6 Å². The quantitative estimate of drug-likeness (QED) is 0.699. The minimum atomic E-state index is 0.421. The monoisotopic (exact) mass is 211 g/mol. The van der Waals surface area contributed by atoms with Gasteiger partial charge in [-0.15, -0.1) is 0 Å². The van der Waals surface area contributed by atoms with Crippen molar-refractivity contribution in [1.82, 2.24) is 9.80 Å². The van der Waals surface area contributed by atoms with E-state index in [1.165, 1.54) is 45.3 Å². The van der Waals surface area contributed by atoms with Crippen LogP contribution in [0.5, 0.6) is 0 Å². The molecule has 0 amide bonds. The van der Waals surface area contributed by atoms with E-state index in [1.54, 1.807) is 0 Å². The number of likely N-dealkylation sites (N-methyl/N-ethyl adjacent to an activating group) is 1. The minimum absolute atomic E-state index is 0.421. The van der Waals surface area contributed by atoms with Crippen molar-refractivity contribution in [2.75, 3.05) is 26.7 Å². The molecule has 2 N–H and O–H groups in total. The summed E-state index contributed by atoms with van der Waals surface area (Å²) in [5.74, 6) is 0. The second kappa shape index (κ2) is 4.81. The second-order valence-electron chi connectivity index (χ2n) is 5.36. The average molecular weight is 211 g/mol. The van der Waals surface area contributed by atoms with Crippen LogP contribution in [0.4, 0.5) is 0 Å². The fourth-order valence-electron chi connectivity index (χ4n) is 3.20. The van der Waals surface area contributed by atoms with Gasteiger partial charge in [0.2, 0.25) is 0 Å². The molecule has 2 fully saturated rings. The van der Waals surface area contributed by atoms with E-state index >= 15 is 0 Å². The van der Waals surface area contributed by atoms with Gasteiger partial charge in [0.05, 0.1) is 0 Å². The first-order chi connectivity index (χ1) is 7.18. The summed E-state index contributed by atoms with van der Waals surface area (Å²) in [6.07, 6.45) is 5.25. The molecule has 1 heterocycles. The predicted octanol–water partition coefficient (Wildman–Crippen LogP) is 0.892. The van der Waals surface area contributed by atoms with Gasteiger partial charge in [0.1, 0.15) is 0 Å². The van der Waals surface area contributed by atoms with Crippen LogP contribution in [-0.2, 0) is 0 Å². The zero-order valence-corrected chi connectivity index (χ0v) is 10.2. The van der Waals surface area contributed by atoms with Gasteiger partial charge >= 0.3 is 0 Å². The Hall–Kier alpha value is -0.120. The molecule has 0 spiro atoms. The summed E-state index contributed by atoms with van der Waals surface area (Å²) in [5.41, 5.74) is 6.25. The molecule has 0 aromatic carbocycles. The third kappa shape index (κ3) is 2.52. The molecule has 3 nitrogen and oxygen atoms in total. The summed E-state index contributed by atoms with van der Waals surface area (Å²) in [6, 6.07) is 1.75. The fourth-order valence-corrected chi connectivity index (χ4v) is 3.20. The van der Waals surface area contributed by atoms with Gasteiger partial charge in [-0.3, -0.25) is 4.90 Å². The van der Waals surface area contributed by atoms with E-state index < -0.39 is 0 Å². The molecule has 1 aliphatic carbocycles. The smallest absolute Gasteiger partial charge is 0.0251 e. The van der Waals surface area contributed by atoms with Gasteiger partial charge in [0.15, 0.2) is 0 Å². The predicted molar refractivity (Wildman–Crippen MR) is 63.9 cm³/mol. The molecule has 1 saturated carbocycles. The summed E-state index contributed by atoms with van der Waals surface area (Å²) < 4.78 is 0. The molecule has 0 radical (unpaired) electrons. The van der Waals surface area contributed by atoms with Crippen molar-refractivity contribution >= 4 is 0 Å². The van der Waals surface area contributed by atoms with Crippen LogP contribution in [0.25, 0.3) is 0 Å². The molecule has 3 atom stereocenters. The number of hydrogen-bond acceptors (Lipinski definition) is 3. The third-order valence-corrected chi connectivity index (χ3v) is 4.09. The van der Waals surface area contributed by atoms with Crippen LogP contribution >= 0.6 is 0 Å². The van der Waals surface area contributed by atoms with Crippen molar-refractivity contribution in [2.24, 2.45) is 5.73 Å². The Morgan fingerprint density at radius 3 is 2.53 bits per heavy atom. The van der Waals surface area contributed by atoms with Gasteiger partial charge in [0, 0.05) is 37.8 Å². The summed E-state index contributed by atoms with van der Waals surface area (Å²) in [7, 11) is 2.22. The van der Waals surface area contributed by atoms with Gasteiger partial charge in [-0.05, 0) is 26.8 Å². The highest BCUT2D eigenvalue weighted by Crippen LogP contribution is 2.24. The summed E-state index contributed by atoms with van der Waals surface area (Å²) >= 11 is 0. The molecule has 88 valence electrons. The van der Waals surface area contributed by atoms with E-state index in [2.05, 4.69) is 23.8 Å². The lowest BCUT2D eigenvalue weighted by atomic mass is 9.88. The van der Waals surface area contributed by atoms with E-state index in [0.717, 1.165) is 0 Å². The summed E-state index contributed by atoms with van der Waals surface area (Å²) in [4.78, 5) is 5.08. The maximum Gasteiger partial charge on any atom is 0.0251 e. The van der Waals surface area contributed by atoms with E-state index in [4.69, 9.17) is 5.73 Å².